The van der Waals surface area contributed by atoms with Gasteiger partial charge in [0.05, 0.1) is 21.8 Å². The Bertz CT molecular complexity index is 4950. The maximum Gasteiger partial charge on any atom is 0.252 e. The van der Waals surface area contributed by atoms with Crippen molar-refractivity contribution in [2.75, 3.05) is 19.6 Å². The lowest BCUT2D eigenvalue weighted by Crippen LogP contribution is -2.61. The predicted octanol–water partition coefficient (Wildman–Crippen LogP) is 21.7. The fraction of sp³-hybridized carbons (Fsp3) is 0. The average Bonchev–Trinajstić information content (AvgIpc) is 1.06. The molecule has 1 aromatic heterocycles. The topological polar surface area (TPSA) is 13.0 Å². The van der Waals surface area contributed by atoms with Crippen LogP contribution in [0.25, 0.3) is 64.7 Å². The molecule has 15 aromatic rings. The Morgan fingerprint density at radius 2 is 0.633 bits per heavy atom. The molecule has 6 heteroatoms. The SMILES string of the molecule is c1ccc(-c2ccc(-c3ccccc3)c(N3c4ccc(N(c5ccccc5)c5ccccc5)cc4B4c5cc(N(c6ccccc6)c6ccccc6)ccc5N(c5cc(-c6ccccc6)ccc5-c5ccccc5)c5c4c3cc3c5sc4ccccc43)c2)cc1. The molecule has 0 spiro atoms. The van der Waals surface area contributed by atoms with E-state index in [9.17, 15) is 0 Å². The van der Waals surface area contributed by atoms with Crippen LogP contribution in [0.4, 0.5) is 68.2 Å². The van der Waals surface area contributed by atoms with Gasteiger partial charge in [0, 0.05) is 77.8 Å². The number of hydrogen-bond donors (Lipinski definition) is 0. The summed E-state index contributed by atoms with van der Waals surface area (Å²) in [4.78, 5) is 10.1. The molecule has 0 bridgehead atoms. The predicted molar refractivity (Wildman–Crippen MR) is 384 cm³/mol. The molecule has 17 rings (SSSR count). The largest absolute Gasteiger partial charge is 0.311 e. The summed E-state index contributed by atoms with van der Waals surface area (Å²) in [5.74, 6) is 0. The Balaban J connectivity index is 1.05. The molecule has 2 aliphatic heterocycles. The molecule has 0 saturated heterocycles. The van der Waals surface area contributed by atoms with Crippen molar-refractivity contribution >= 4 is 123 Å². The van der Waals surface area contributed by atoms with Gasteiger partial charge in [-0.05, 0) is 159 Å². The molecule has 14 aromatic carbocycles. The van der Waals surface area contributed by atoms with Gasteiger partial charge in [-0.25, -0.2) is 0 Å². The smallest absolute Gasteiger partial charge is 0.252 e. The third kappa shape index (κ3) is 9.07. The van der Waals surface area contributed by atoms with E-state index in [1.807, 2.05) is 11.3 Å². The van der Waals surface area contributed by atoms with Gasteiger partial charge in [-0.3, -0.25) is 0 Å². The molecule has 0 atom stereocenters. The molecule has 4 nitrogen and oxygen atoms in total. The molecule has 0 fully saturated rings. The van der Waals surface area contributed by atoms with Crippen LogP contribution in [-0.4, -0.2) is 6.71 Å². The summed E-state index contributed by atoms with van der Waals surface area (Å²) >= 11 is 1.90. The monoisotopic (exact) mass is 1160 g/mol. The van der Waals surface area contributed by atoms with Crippen molar-refractivity contribution in [1.82, 2.24) is 0 Å². The van der Waals surface area contributed by atoms with Crippen LogP contribution < -0.4 is 36.0 Å². The molecule has 0 amide bonds. The summed E-state index contributed by atoms with van der Waals surface area (Å²) in [7, 11) is 0. The minimum atomic E-state index is -0.279. The zero-order chi connectivity index (χ0) is 59.5. The first-order valence-corrected chi connectivity index (χ1v) is 31.7. The normalized spacial score (nSPS) is 12.2. The summed E-state index contributed by atoms with van der Waals surface area (Å²) in [6.45, 7) is -0.279. The Kier molecular flexibility index (Phi) is 13.1. The van der Waals surface area contributed by atoms with Crippen molar-refractivity contribution in [2.45, 2.75) is 0 Å². The lowest BCUT2D eigenvalue weighted by atomic mass is 9.33. The van der Waals surface area contributed by atoms with E-state index < -0.39 is 0 Å². The fourth-order valence-electron chi connectivity index (χ4n) is 14.0. The minimum absolute atomic E-state index is 0.279. The van der Waals surface area contributed by atoms with Crippen LogP contribution in [0.5, 0.6) is 0 Å². The van der Waals surface area contributed by atoms with Gasteiger partial charge in [-0.1, -0.05) is 237 Å². The Labute approximate surface area is 529 Å². The molecule has 0 radical (unpaired) electrons. The van der Waals surface area contributed by atoms with E-state index in [2.05, 4.69) is 365 Å². The number of anilines is 12. The Hall–Kier alpha value is -11.4. The molecular formula is C84H57BN4S. The second-order valence-electron chi connectivity index (χ2n) is 23.2. The van der Waals surface area contributed by atoms with Crippen molar-refractivity contribution in [3.05, 3.63) is 346 Å². The summed E-state index contributed by atoms with van der Waals surface area (Å²) in [5, 5.41) is 2.46. The molecular weight excluding hydrogens is 1110 g/mol. The van der Waals surface area contributed by atoms with Gasteiger partial charge in [0.1, 0.15) is 0 Å². The van der Waals surface area contributed by atoms with Gasteiger partial charge in [0.2, 0.25) is 0 Å². The number of nitrogens with zero attached hydrogens (tertiary/aromatic N) is 4. The Morgan fingerprint density at radius 3 is 1.08 bits per heavy atom. The second-order valence-corrected chi connectivity index (χ2v) is 24.2. The molecule has 0 saturated carbocycles. The summed E-state index contributed by atoms with van der Waals surface area (Å²) in [6.07, 6.45) is 0. The number of benzene rings is 14. The van der Waals surface area contributed by atoms with Crippen molar-refractivity contribution in [3.8, 4) is 44.5 Å². The van der Waals surface area contributed by atoms with Crippen LogP contribution in [0.15, 0.2) is 346 Å². The van der Waals surface area contributed by atoms with Gasteiger partial charge >= 0.3 is 0 Å². The van der Waals surface area contributed by atoms with Gasteiger partial charge < -0.3 is 19.6 Å². The van der Waals surface area contributed by atoms with E-state index >= 15 is 0 Å². The first kappa shape index (κ1) is 52.9. The van der Waals surface area contributed by atoms with Crippen LogP contribution in [0, 0.1) is 0 Å². The maximum absolute atomic E-state index is 2.67. The molecule has 0 unspecified atom stereocenters. The number of rotatable bonds is 12. The van der Waals surface area contributed by atoms with Crippen LogP contribution in [0.2, 0.25) is 0 Å². The highest BCUT2D eigenvalue weighted by molar-refractivity contribution is 7.26. The molecule has 0 aliphatic carbocycles. The Morgan fingerprint density at radius 1 is 0.256 bits per heavy atom. The van der Waals surface area contributed by atoms with E-state index in [4.69, 9.17) is 0 Å². The van der Waals surface area contributed by atoms with Gasteiger partial charge in [0.25, 0.3) is 6.71 Å². The van der Waals surface area contributed by atoms with Crippen molar-refractivity contribution in [3.63, 3.8) is 0 Å². The van der Waals surface area contributed by atoms with Crippen molar-refractivity contribution < 1.29 is 0 Å². The lowest BCUT2D eigenvalue weighted by Gasteiger charge is -2.45. The van der Waals surface area contributed by atoms with Gasteiger partial charge in [-0.2, -0.15) is 0 Å². The third-order valence-electron chi connectivity index (χ3n) is 18.0. The molecule has 422 valence electrons. The zero-order valence-electron chi connectivity index (χ0n) is 49.2. The third-order valence-corrected chi connectivity index (χ3v) is 19.2. The number of hydrogen-bond acceptors (Lipinski definition) is 5. The van der Waals surface area contributed by atoms with Gasteiger partial charge in [0.15, 0.2) is 0 Å². The standard InChI is InChI=1S/C84H57BN4S/c1-9-27-58(28-10-1)62-45-49-70(60-31-13-3-14-32-60)78(53-62)88-76-51-47-68(86(64-35-17-5-18-36-64)65-37-19-6-20-38-65)55-74(76)85-75-56-69(87(66-39-21-7-22-40-66)67-41-23-8-24-42-67)48-52-77(75)89(83-82(85)80(88)57-73-72-43-25-26-44-81(72)90-84(73)83)79-54-63(59-29-11-2-12-30-59)46-50-71(79)61-33-15-4-16-34-61/h1-57H. The van der Waals surface area contributed by atoms with E-state index in [0.717, 1.165) is 107 Å². The van der Waals surface area contributed by atoms with Crippen molar-refractivity contribution in [2.24, 2.45) is 0 Å². The van der Waals surface area contributed by atoms with Crippen LogP contribution in [0.3, 0.4) is 0 Å². The number of para-hydroxylation sites is 4. The highest BCUT2D eigenvalue weighted by atomic mass is 32.1. The number of thiophene rings is 1. The van der Waals surface area contributed by atoms with E-state index in [0.29, 0.717) is 0 Å². The first-order chi connectivity index (χ1) is 44.7. The summed E-state index contributed by atoms with van der Waals surface area (Å²) < 4.78 is 2.49. The van der Waals surface area contributed by atoms with Crippen LogP contribution >= 0.6 is 11.3 Å². The molecule has 3 heterocycles. The highest BCUT2D eigenvalue weighted by Crippen LogP contribution is 2.55. The van der Waals surface area contributed by atoms with E-state index in [-0.39, 0.29) is 6.71 Å². The molecule has 0 N–H and O–H groups in total. The second kappa shape index (κ2) is 22.4. The van der Waals surface area contributed by atoms with Crippen LogP contribution in [-0.2, 0) is 0 Å². The summed E-state index contributed by atoms with van der Waals surface area (Å²) in [5.41, 5.74) is 26.1. The lowest BCUT2D eigenvalue weighted by molar-refractivity contribution is 1.25. The molecule has 2 aliphatic rings. The van der Waals surface area contributed by atoms with E-state index in [1.54, 1.807) is 0 Å². The van der Waals surface area contributed by atoms with Crippen molar-refractivity contribution in [1.29, 1.82) is 0 Å². The first-order valence-electron chi connectivity index (χ1n) is 30.8. The quantitative estimate of drug-likeness (QED) is 0.113. The zero-order valence-corrected chi connectivity index (χ0v) is 50.0. The number of fused-ring (bicyclic) bond motifs is 8. The fourth-order valence-corrected chi connectivity index (χ4v) is 15.2. The van der Waals surface area contributed by atoms with Crippen LogP contribution in [0.1, 0.15) is 0 Å². The highest BCUT2D eigenvalue weighted by Gasteiger charge is 2.46. The maximum atomic E-state index is 2.67. The average molecular weight is 1170 g/mol. The van der Waals surface area contributed by atoms with Gasteiger partial charge in [-0.15, -0.1) is 11.3 Å². The minimum Gasteiger partial charge on any atom is -0.311 e. The molecule has 90 heavy (non-hydrogen) atoms. The summed E-state index contributed by atoms with van der Waals surface area (Å²) in [6, 6.07) is 127. The van der Waals surface area contributed by atoms with E-state index in [1.165, 1.54) is 42.2 Å².